The summed E-state index contributed by atoms with van der Waals surface area (Å²) in [4.78, 5) is 9.85. The van der Waals surface area contributed by atoms with Gasteiger partial charge < -0.3 is 20.1 Å². The topological polar surface area (TPSA) is 77.8 Å². The number of hydrogen-bond acceptors (Lipinski definition) is 4. The number of carbonyl (C=O) groups is 1. The lowest BCUT2D eigenvalue weighted by molar-refractivity contribution is -0.126. The third-order valence-corrected chi connectivity index (χ3v) is 1.30. The largest absolute Gasteiger partial charge is 0.390 e. The first-order chi connectivity index (χ1) is 4.63. The van der Waals surface area contributed by atoms with Gasteiger partial charge in [0.05, 0.1) is 6.10 Å². The van der Waals surface area contributed by atoms with Gasteiger partial charge in [-0.2, -0.15) is 0 Å². The summed E-state index contributed by atoms with van der Waals surface area (Å²) in [7, 11) is 0. The summed E-state index contributed by atoms with van der Waals surface area (Å²) in [6.07, 6.45) is -3.35. The standard InChI is InChI=1S/C6H12O4/c1-2-4(8)6(10)5(9)3-7/h3-6,8-10H,2H2,1H3/t4-,5-,6-/m1/s1. The van der Waals surface area contributed by atoms with Crippen molar-refractivity contribution < 1.29 is 20.1 Å². The second kappa shape index (κ2) is 4.38. The molecule has 0 heterocycles. The maximum Gasteiger partial charge on any atom is 0.151 e. The van der Waals surface area contributed by atoms with E-state index < -0.39 is 18.3 Å². The molecular formula is C6H12O4. The van der Waals surface area contributed by atoms with Crippen molar-refractivity contribution in [1.82, 2.24) is 0 Å². The van der Waals surface area contributed by atoms with E-state index in [9.17, 15) is 4.79 Å². The molecule has 3 atom stereocenters. The maximum atomic E-state index is 9.85. The van der Waals surface area contributed by atoms with Crippen molar-refractivity contribution in [1.29, 1.82) is 0 Å². The van der Waals surface area contributed by atoms with E-state index in [2.05, 4.69) is 0 Å². The number of rotatable bonds is 4. The fraction of sp³-hybridized carbons (Fsp3) is 0.833. The third-order valence-electron chi connectivity index (χ3n) is 1.30. The summed E-state index contributed by atoms with van der Waals surface area (Å²) in [6.45, 7) is 1.64. The average Bonchev–Trinajstić information content (AvgIpc) is 2.00. The highest BCUT2D eigenvalue weighted by Gasteiger charge is 2.21. The summed E-state index contributed by atoms with van der Waals surface area (Å²) in [5.41, 5.74) is 0. The molecule has 0 fully saturated rings. The zero-order chi connectivity index (χ0) is 8.15. The summed E-state index contributed by atoms with van der Waals surface area (Å²) in [6, 6.07) is 0. The summed E-state index contributed by atoms with van der Waals surface area (Å²) < 4.78 is 0. The van der Waals surface area contributed by atoms with Gasteiger partial charge in [0, 0.05) is 0 Å². The molecule has 0 bridgehead atoms. The normalized spacial score (nSPS) is 19.6. The molecule has 0 aromatic carbocycles. The second-order valence-corrected chi connectivity index (χ2v) is 2.09. The van der Waals surface area contributed by atoms with Crippen molar-refractivity contribution in [2.75, 3.05) is 0 Å². The van der Waals surface area contributed by atoms with Crippen molar-refractivity contribution in [2.24, 2.45) is 0 Å². The Hall–Kier alpha value is -0.450. The van der Waals surface area contributed by atoms with E-state index in [-0.39, 0.29) is 6.29 Å². The van der Waals surface area contributed by atoms with Crippen molar-refractivity contribution in [3.05, 3.63) is 0 Å². The molecule has 0 aromatic heterocycles. The van der Waals surface area contributed by atoms with Gasteiger partial charge in [0.2, 0.25) is 0 Å². The van der Waals surface area contributed by atoms with E-state index in [4.69, 9.17) is 15.3 Å². The van der Waals surface area contributed by atoms with Crippen molar-refractivity contribution in [2.45, 2.75) is 31.7 Å². The molecule has 0 rings (SSSR count). The van der Waals surface area contributed by atoms with Crippen LogP contribution in [0.2, 0.25) is 0 Å². The van der Waals surface area contributed by atoms with Crippen LogP contribution in [0.3, 0.4) is 0 Å². The van der Waals surface area contributed by atoms with Gasteiger partial charge in [-0.05, 0) is 6.42 Å². The van der Waals surface area contributed by atoms with Crippen LogP contribution in [0.4, 0.5) is 0 Å². The van der Waals surface area contributed by atoms with Gasteiger partial charge >= 0.3 is 0 Å². The van der Waals surface area contributed by atoms with Gasteiger partial charge in [-0.25, -0.2) is 0 Å². The fourth-order valence-corrected chi connectivity index (χ4v) is 0.550. The molecule has 0 saturated heterocycles. The molecular weight excluding hydrogens is 136 g/mol. The molecule has 3 N–H and O–H groups in total. The Morgan fingerprint density at radius 2 is 1.90 bits per heavy atom. The predicted octanol–water partition coefficient (Wildman–Crippen LogP) is -1.32. The van der Waals surface area contributed by atoms with E-state index in [1.54, 1.807) is 6.92 Å². The molecule has 0 unspecified atom stereocenters. The lowest BCUT2D eigenvalue weighted by atomic mass is 10.1. The molecule has 0 radical (unpaired) electrons. The van der Waals surface area contributed by atoms with Crippen LogP contribution >= 0.6 is 0 Å². The van der Waals surface area contributed by atoms with Crippen LogP contribution in [-0.4, -0.2) is 39.9 Å². The molecule has 0 amide bonds. The Bertz CT molecular complexity index is 104. The highest BCUT2D eigenvalue weighted by Crippen LogP contribution is 2.01. The van der Waals surface area contributed by atoms with E-state index in [0.717, 1.165) is 0 Å². The molecule has 0 aliphatic carbocycles. The maximum absolute atomic E-state index is 9.85. The Labute approximate surface area is 59.1 Å². The minimum Gasteiger partial charge on any atom is -0.390 e. The number of aliphatic hydroxyl groups excluding tert-OH is 3. The minimum absolute atomic E-state index is 0.198. The van der Waals surface area contributed by atoms with Crippen LogP contribution in [0.15, 0.2) is 0 Å². The Balaban J connectivity index is 3.80. The lowest BCUT2D eigenvalue weighted by Gasteiger charge is -2.17. The van der Waals surface area contributed by atoms with Crippen molar-refractivity contribution in [3.8, 4) is 0 Å². The molecule has 60 valence electrons. The van der Waals surface area contributed by atoms with E-state index in [1.807, 2.05) is 0 Å². The molecule has 4 nitrogen and oxygen atoms in total. The Kier molecular flexibility index (Phi) is 4.18. The average molecular weight is 148 g/mol. The van der Waals surface area contributed by atoms with E-state index >= 15 is 0 Å². The third kappa shape index (κ3) is 2.43. The van der Waals surface area contributed by atoms with Crippen LogP contribution in [0.25, 0.3) is 0 Å². The molecule has 4 heteroatoms. The zero-order valence-corrected chi connectivity index (χ0v) is 5.77. The van der Waals surface area contributed by atoms with Gasteiger partial charge in [0.15, 0.2) is 6.29 Å². The van der Waals surface area contributed by atoms with Crippen LogP contribution in [0, 0.1) is 0 Å². The quantitative estimate of drug-likeness (QED) is 0.432. The van der Waals surface area contributed by atoms with Crippen LogP contribution < -0.4 is 0 Å². The first-order valence-electron chi connectivity index (χ1n) is 3.13. The summed E-state index contributed by atoms with van der Waals surface area (Å²) in [5, 5.41) is 26.4. The van der Waals surface area contributed by atoms with Gasteiger partial charge in [-0.1, -0.05) is 6.92 Å². The summed E-state index contributed by atoms with van der Waals surface area (Å²) in [5.74, 6) is 0. The fourth-order valence-electron chi connectivity index (χ4n) is 0.550. The van der Waals surface area contributed by atoms with E-state index in [1.165, 1.54) is 0 Å². The molecule has 10 heavy (non-hydrogen) atoms. The molecule has 0 saturated carbocycles. The number of aldehydes is 1. The Morgan fingerprint density at radius 3 is 2.20 bits per heavy atom. The van der Waals surface area contributed by atoms with Gasteiger partial charge in [0.1, 0.15) is 12.2 Å². The summed E-state index contributed by atoms with van der Waals surface area (Å²) >= 11 is 0. The van der Waals surface area contributed by atoms with Crippen LogP contribution in [0.1, 0.15) is 13.3 Å². The van der Waals surface area contributed by atoms with Gasteiger partial charge in [0.25, 0.3) is 0 Å². The highest BCUT2D eigenvalue weighted by atomic mass is 16.4. The van der Waals surface area contributed by atoms with Crippen molar-refractivity contribution in [3.63, 3.8) is 0 Å². The second-order valence-electron chi connectivity index (χ2n) is 2.09. The first kappa shape index (κ1) is 9.55. The first-order valence-corrected chi connectivity index (χ1v) is 3.13. The van der Waals surface area contributed by atoms with Crippen molar-refractivity contribution >= 4 is 6.29 Å². The smallest absolute Gasteiger partial charge is 0.151 e. The monoisotopic (exact) mass is 148 g/mol. The highest BCUT2D eigenvalue weighted by molar-refractivity contribution is 5.56. The molecule has 0 aliphatic heterocycles. The predicted molar refractivity (Wildman–Crippen MR) is 34.4 cm³/mol. The SMILES string of the molecule is CC[C@@H](O)[C@@H](O)[C@H](O)C=O. The lowest BCUT2D eigenvalue weighted by Crippen LogP contribution is -2.37. The van der Waals surface area contributed by atoms with Gasteiger partial charge in [-0.3, -0.25) is 0 Å². The van der Waals surface area contributed by atoms with E-state index in [0.29, 0.717) is 6.42 Å². The Morgan fingerprint density at radius 1 is 1.40 bits per heavy atom. The molecule has 0 aliphatic rings. The van der Waals surface area contributed by atoms with Crippen LogP contribution in [-0.2, 0) is 4.79 Å². The van der Waals surface area contributed by atoms with Gasteiger partial charge in [-0.15, -0.1) is 0 Å². The zero-order valence-electron chi connectivity index (χ0n) is 5.77. The van der Waals surface area contributed by atoms with Crippen LogP contribution in [0.5, 0.6) is 0 Å². The number of carbonyl (C=O) groups excluding carboxylic acids is 1. The molecule has 0 spiro atoms. The number of aliphatic hydroxyl groups is 3. The number of hydrogen-bond donors (Lipinski definition) is 3. The molecule has 0 aromatic rings. The minimum atomic E-state index is -1.48.